The Kier molecular flexibility index (Phi) is 4.52. The Balaban J connectivity index is 1.26. The van der Waals surface area contributed by atoms with E-state index in [-0.39, 0.29) is 18.2 Å². The number of carbonyl (C=O) groups is 1. The van der Waals surface area contributed by atoms with Gasteiger partial charge in [-0.3, -0.25) is 14.8 Å². The van der Waals surface area contributed by atoms with Crippen LogP contribution in [-0.4, -0.2) is 55.9 Å². The number of fused-ring (bicyclic) bond motifs is 1. The molecule has 0 bridgehead atoms. The summed E-state index contributed by atoms with van der Waals surface area (Å²) in [6.07, 6.45) is 5.42. The molecule has 0 saturated carbocycles. The van der Waals surface area contributed by atoms with E-state index in [1.807, 2.05) is 46.1 Å². The highest BCUT2D eigenvalue weighted by Crippen LogP contribution is 2.29. The SMILES string of the molecule is Cc1ccccc1-n1cc(CN2C[C@H]3OC(=O)N(Cc4ccccn4)[C@H]3C2)cn1. The van der Waals surface area contributed by atoms with Gasteiger partial charge < -0.3 is 4.74 Å². The van der Waals surface area contributed by atoms with Gasteiger partial charge in [-0.05, 0) is 30.7 Å². The molecule has 148 valence electrons. The summed E-state index contributed by atoms with van der Waals surface area (Å²) in [5, 5.41) is 4.53. The summed E-state index contributed by atoms with van der Waals surface area (Å²) in [7, 11) is 0. The molecule has 7 nitrogen and oxygen atoms in total. The topological polar surface area (TPSA) is 63.5 Å². The van der Waals surface area contributed by atoms with Crippen LogP contribution in [0, 0.1) is 6.92 Å². The predicted octanol–water partition coefficient (Wildman–Crippen LogP) is 2.78. The number of amides is 1. The number of ether oxygens (including phenoxy) is 1. The standard InChI is InChI=1S/C22H23N5O2/c1-16-6-2-3-8-19(16)27-12-17(10-24-27)11-25-14-20-21(15-25)29-22(28)26(20)13-18-7-4-5-9-23-18/h2-10,12,20-21H,11,13-15H2,1H3/t20-,21+/m0/s1. The molecule has 3 aromatic rings. The van der Waals surface area contributed by atoms with Gasteiger partial charge in [0.25, 0.3) is 0 Å². The van der Waals surface area contributed by atoms with E-state index in [2.05, 4.69) is 40.2 Å². The normalized spacial score (nSPS) is 21.4. The van der Waals surface area contributed by atoms with Crippen LogP contribution < -0.4 is 0 Å². The van der Waals surface area contributed by atoms with Gasteiger partial charge in [-0.15, -0.1) is 0 Å². The lowest BCUT2D eigenvalue weighted by Crippen LogP contribution is -2.37. The quantitative estimate of drug-likeness (QED) is 0.671. The zero-order valence-corrected chi connectivity index (χ0v) is 16.3. The smallest absolute Gasteiger partial charge is 0.410 e. The summed E-state index contributed by atoms with van der Waals surface area (Å²) in [5.74, 6) is 0. The van der Waals surface area contributed by atoms with Crippen molar-refractivity contribution in [3.8, 4) is 5.69 Å². The van der Waals surface area contributed by atoms with Crippen molar-refractivity contribution in [1.29, 1.82) is 0 Å². The molecule has 29 heavy (non-hydrogen) atoms. The molecule has 0 aliphatic carbocycles. The van der Waals surface area contributed by atoms with Crippen LogP contribution in [0.15, 0.2) is 61.1 Å². The summed E-state index contributed by atoms with van der Waals surface area (Å²) in [6, 6.07) is 14.0. The molecule has 1 amide bonds. The third-order valence-electron chi connectivity index (χ3n) is 5.66. The molecule has 2 atom stereocenters. The van der Waals surface area contributed by atoms with Gasteiger partial charge >= 0.3 is 6.09 Å². The van der Waals surface area contributed by atoms with E-state index in [0.29, 0.717) is 6.54 Å². The molecule has 1 aromatic carbocycles. The zero-order chi connectivity index (χ0) is 19.8. The molecule has 5 rings (SSSR count). The molecule has 0 spiro atoms. The first kappa shape index (κ1) is 17.9. The van der Waals surface area contributed by atoms with Gasteiger partial charge in [0.1, 0.15) is 6.10 Å². The van der Waals surface area contributed by atoms with Crippen LogP contribution in [0.5, 0.6) is 0 Å². The van der Waals surface area contributed by atoms with E-state index in [9.17, 15) is 4.79 Å². The summed E-state index contributed by atoms with van der Waals surface area (Å²) in [4.78, 5) is 20.8. The van der Waals surface area contributed by atoms with Crippen molar-refractivity contribution in [1.82, 2.24) is 24.6 Å². The number of hydrogen-bond donors (Lipinski definition) is 0. The second-order valence-corrected chi connectivity index (χ2v) is 7.71. The van der Waals surface area contributed by atoms with E-state index in [1.165, 1.54) is 5.56 Å². The van der Waals surface area contributed by atoms with Crippen LogP contribution >= 0.6 is 0 Å². The predicted molar refractivity (Wildman–Crippen MR) is 107 cm³/mol. The van der Waals surface area contributed by atoms with Crippen LogP contribution in [0.2, 0.25) is 0 Å². The lowest BCUT2D eigenvalue weighted by Gasteiger charge is -2.21. The maximum Gasteiger partial charge on any atom is 0.410 e. The van der Waals surface area contributed by atoms with E-state index >= 15 is 0 Å². The molecule has 0 N–H and O–H groups in total. The first-order valence-electron chi connectivity index (χ1n) is 9.86. The van der Waals surface area contributed by atoms with E-state index in [1.54, 1.807) is 6.20 Å². The fourth-order valence-corrected chi connectivity index (χ4v) is 4.21. The number of aromatic nitrogens is 3. The van der Waals surface area contributed by atoms with Crippen molar-refractivity contribution >= 4 is 6.09 Å². The number of hydrogen-bond acceptors (Lipinski definition) is 5. The lowest BCUT2D eigenvalue weighted by atomic mass is 10.2. The van der Waals surface area contributed by atoms with E-state index in [0.717, 1.165) is 36.6 Å². The Bertz CT molecular complexity index is 1020. The Morgan fingerprint density at radius 1 is 1.10 bits per heavy atom. The summed E-state index contributed by atoms with van der Waals surface area (Å²) < 4.78 is 7.55. The monoisotopic (exact) mass is 389 g/mol. The third kappa shape index (κ3) is 3.49. The van der Waals surface area contributed by atoms with Crippen LogP contribution in [0.1, 0.15) is 16.8 Å². The fourth-order valence-electron chi connectivity index (χ4n) is 4.21. The van der Waals surface area contributed by atoms with Crippen LogP contribution in [0.3, 0.4) is 0 Å². The maximum atomic E-state index is 12.3. The van der Waals surface area contributed by atoms with Gasteiger partial charge in [-0.1, -0.05) is 24.3 Å². The summed E-state index contributed by atoms with van der Waals surface area (Å²) in [5.41, 5.74) is 4.31. The average molecular weight is 389 g/mol. The maximum absolute atomic E-state index is 12.3. The van der Waals surface area contributed by atoms with Gasteiger partial charge in [0.15, 0.2) is 0 Å². The minimum Gasteiger partial charge on any atom is -0.442 e. The van der Waals surface area contributed by atoms with Crippen molar-refractivity contribution in [3.05, 3.63) is 77.9 Å². The number of benzene rings is 1. The molecule has 4 heterocycles. The molecule has 2 saturated heterocycles. The molecular weight excluding hydrogens is 366 g/mol. The van der Waals surface area contributed by atoms with Gasteiger partial charge in [0.05, 0.1) is 30.2 Å². The van der Waals surface area contributed by atoms with E-state index in [4.69, 9.17) is 4.74 Å². The number of pyridine rings is 1. The third-order valence-corrected chi connectivity index (χ3v) is 5.66. The highest BCUT2D eigenvalue weighted by atomic mass is 16.6. The van der Waals surface area contributed by atoms with Crippen LogP contribution in [0.4, 0.5) is 4.79 Å². The van der Waals surface area contributed by atoms with Crippen LogP contribution in [0.25, 0.3) is 5.69 Å². The number of rotatable bonds is 5. The Morgan fingerprint density at radius 2 is 1.97 bits per heavy atom. The molecule has 2 aliphatic rings. The van der Waals surface area contributed by atoms with Crippen molar-refractivity contribution in [2.24, 2.45) is 0 Å². The molecule has 2 aromatic heterocycles. The highest BCUT2D eigenvalue weighted by molar-refractivity contribution is 5.71. The van der Waals surface area contributed by atoms with Gasteiger partial charge in [-0.25, -0.2) is 9.48 Å². The Morgan fingerprint density at radius 3 is 2.79 bits per heavy atom. The van der Waals surface area contributed by atoms with Crippen molar-refractivity contribution in [2.45, 2.75) is 32.2 Å². The zero-order valence-electron chi connectivity index (χ0n) is 16.3. The molecule has 2 aliphatic heterocycles. The van der Waals surface area contributed by atoms with Gasteiger partial charge in [-0.2, -0.15) is 5.10 Å². The van der Waals surface area contributed by atoms with Crippen LogP contribution in [-0.2, 0) is 17.8 Å². The lowest BCUT2D eigenvalue weighted by molar-refractivity contribution is 0.119. The van der Waals surface area contributed by atoms with Crippen molar-refractivity contribution < 1.29 is 9.53 Å². The molecule has 0 unspecified atom stereocenters. The average Bonchev–Trinajstić information content (AvgIpc) is 3.40. The molecule has 2 fully saturated rings. The first-order valence-corrected chi connectivity index (χ1v) is 9.86. The summed E-state index contributed by atoms with van der Waals surface area (Å²) >= 11 is 0. The number of para-hydroxylation sites is 1. The highest BCUT2D eigenvalue weighted by Gasteiger charge is 2.47. The fraction of sp³-hybridized carbons (Fsp3) is 0.318. The number of aryl methyl sites for hydroxylation is 1. The van der Waals surface area contributed by atoms with Gasteiger partial charge in [0.2, 0.25) is 0 Å². The number of likely N-dealkylation sites (tertiary alicyclic amines) is 1. The second-order valence-electron chi connectivity index (χ2n) is 7.71. The minimum absolute atomic E-state index is 0.0657. The van der Waals surface area contributed by atoms with Crippen molar-refractivity contribution in [3.63, 3.8) is 0 Å². The van der Waals surface area contributed by atoms with E-state index < -0.39 is 0 Å². The van der Waals surface area contributed by atoms with Crippen molar-refractivity contribution in [2.75, 3.05) is 13.1 Å². The minimum atomic E-state index is -0.238. The largest absolute Gasteiger partial charge is 0.442 e. The Labute approximate surface area is 169 Å². The summed E-state index contributed by atoms with van der Waals surface area (Å²) in [6.45, 7) is 4.89. The molecule has 0 radical (unpaired) electrons. The second kappa shape index (κ2) is 7.33. The number of nitrogens with zero attached hydrogens (tertiary/aromatic N) is 5. The first-order chi connectivity index (χ1) is 14.2. The molecular formula is C22H23N5O2. The van der Waals surface area contributed by atoms with Gasteiger partial charge in [0, 0.05) is 37.6 Å². The Hall–Kier alpha value is -3.19. The number of carbonyl (C=O) groups excluding carboxylic acids is 1. The molecule has 7 heteroatoms.